The van der Waals surface area contributed by atoms with Gasteiger partial charge in [0.05, 0.1) is 0 Å². The van der Waals surface area contributed by atoms with E-state index in [1.54, 1.807) is 0 Å². The van der Waals surface area contributed by atoms with Crippen molar-refractivity contribution in [2.75, 3.05) is 0 Å². The van der Waals surface area contributed by atoms with Crippen LogP contribution in [0, 0.1) is 0 Å². The molecule has 0 aromatic heterocycles. The van der Waals surface area contributed by atoms with Crippen molar-refractivity contribution in [1.29, 1.82) is 0 Å². The Bertz CT molecular complexity index is 7.64. The molecule has 16 valence electrons. The number of hydrogen-bond acceptors (Lipinski definition) is 0. The largest absolute Gasteiger partial charge is 0 e. The predicted octanol–water partition coefficient (Wildman–Crippen LogP) is -1.91. The molecule has 0 saturated carbocycles. The Labute approximate surface area is 193 Å². The van der Waals surface area contributed by atoms with Crippen molar-refractivity contribution >= 4 is 115 Å². The molecule has 0 aromatic rings. The molecule has 0 unspecified atom stereocenters. The van der Waals surface area contributed by atoms with Gasteiger partial charge < -0.3 is 0 Å². The quantitative estimate of drug-likeness (QED) is 0.257. The summed E-state index contributed by atoms with van der Waals surface area (Å²) in [5, 5.41) is 0. The second kappa shape index (κ2) is 49.4. The van der Waals surface area contributed by atoms with E-state index in [0.29, 0.717) is 0 Å². The molecule has 0 saturated heterocycles. The molecule has 0 spiro atoms. The molecule has 0 atom stereocenters. The summed E-state index contributed by atoms with van der Waals surface area (Å²) in [5.41, 5.74) is 0. The fourth-order valence-electron chi connectivity index (χ4n) is 0. The Morgan fingerprint density at radius 3 is 0.250 bits per heavy atom. The van der Waals surface area contributed by atoms with E-state index >= 15 is 0 Å². The molecule has 10 radical (unpaired) electrons. The van der Waals surface area contributed by atoms with Gasteiger partial charge in [-0.15, -0.1) is 0 Å². The second-order valence-electron chi connectivity index (χ2n) is 0. The van der Waals surface area contributed by atoms with Gasteiger partial charge in [-0.05, 0) is 0 Å². The molecule has 8 heteroatoms. The topological polar surface area (TPSA) is 0 Å². The first kappa shape index (κ1) is 61.8. The molecule has 0 aromatic carbocycles. The maximum absolute atomic E-state index is 0. The molecule has 0 aliphatic heterocycles. The summed E-state index contributed by atoms with van der Waals surface area (Å²) in [4.78, 5) is 0. The van der Waals surface area contributed by atoms with Gasteiger partial charge >= 0.3 is 0 Å². The average molecular weight is 723 g/mol. The summed E-state index contributed by atoms with van der Waals surface area (Å²) in [5.74, 6) is 0. The molecule has 0 nitrogen and oxygen atoms in total. The molecule has 0 bridgehead atoms. The van der Waals surface area contributed by atoms with E-state index in [1.807, 2.05) is 0 Å². The number of rotatable bonds is 0. The van der Waals surface area contributed by atoms with Crippen molar-refractivity contribution in [3.63, 3.8) is 0 Å². The van der Waals surface area contributed by atoms with Crippen molar-refractivity contribution in [2.45, 2.75) is 0 Å². The van der Waals surface area contributed by atoms with Crippen molar-refractivity contribution < 1.29 is 83.0 Å². The van der Waals surface area contributed by atoms with Crippen molar-refractivity contribution in [2.24, 2.45) is 0 Å². The molecular formula is Hg3Mg5. The molecule has 0 heterocycles. The van der Waals surface area contributed by atoms with Gasteiger partial charge in [0.1, 0.15) is 0 Å². The van der Waals surface area contributed by atoms with Crippen LogP contribution in [0.3, 0.4) is 0 Å². The van der Waals surface area contributed by atoms with Crippen LogP contribution >= 0.6 is 0 Å². The average Bonchev–Trinajstić information content (AvgIpc) is 0. The summed E-state index contributed by atoms with van der Waals surface area (Å²) >= 11 is 0. The van der Waals surface area contributed by atoms with Gasteiger partial charge in [-0.1, -0.05) is 0 Å². The Hall–Kier alpha value is 6.64. The zero-order valence-corrected chi connectivity index (χ0v) is 29.2. The minimum Gasteiger partial charge on any atom is 0 e. The molecule has 0 aliphatic carbocycles. The van der Waals surface area contributed by atoms with Crippen LogP contribution in [0.4, 0.5) is 0 Å². The third-order valence-electron chi connectivity index (χ3n) is 0. The smallest absolute Gasteiger partial charge is 0 e. The first-order chi connectivity index (χ1) is 0. The van der Waals surface area contributed by atoms with Crippen LogP contribution in [0.15, 0.2) is 0 Å². The summed E-state index contributed by atoms with van der Waals surface area (Å²) in [6.45, 7) is 0. The zero-order chi connectivity index (χ0) is 0. The summed E-state index contributed by atoms with van der Waals surface area (Å²) in [6, 6.07) is 0. The fourth-order valence-corrected chi connectivity index (χ4v) is 0. The van der Waals surface area contributed by atoms with Gasteiger partial charge in [-0.3, -0.25) is 0 Å². The van der Waals surface area contributed by atoms with Crippen molar-refractivity contribution in [1.82, 2.24) is 0 Å². The minimum atomic E-state index is 0. The standard InChI is InChI=1S/3Hg.5Mg. The van der Waals surface area contributed by atoms with Gasteiger partial charge in [-0.2, -0.15) is 0 Å². The predicted molar refractivity (Wildman–Crippen MR) is 28.8 cm³/mol. The third-order valence-corrected chi connectivity index (χ3v) is 0. The van der Waals surface area contributed by atoms with Crippen LogP contribution in [-0.2, 0) is 83.0 Å². The van der Waals surface area contributed by atoms with E-state index in [-0.39, 0.29) is 198 Å². The summed E-state index contributed by atoms with van der Waals surface area (Å²) < 4.78 is 0. The van der Waals surface area contributed by atoms with Crippen molar-refractivity contribution in [3.05, 3.63) is 0 Å². The maximum Gasteiger partial charge on any atom is 0 e. The van der Waals surface area contributed by atoms with Gasteiger partial charge in [-0.25, -0.2) is 0 Å². The van der Waals surface area contributed by atoms with Crippen LogP contribution < -0.4 is 0 Å². The Morgan fingerprint density at radius 2 is 0.250 bits per heavy atom. The van der Waals surface area contributed by atoms with Gasteiger partial charge in [0.25, 0.3) is 0 Å². The van der Waals surface area contributed by atoms with Crippen LogP contribution in [0.5, 0.6) is 0 Å². The Kier molecular flexibility index (Phi) is 382. The Balaban J connectivity index is 0. The molecular weight excluding hydrogens is 723 g/mol. The SMILES string of the molecule is [Hg].[Hg].[Hg].[Mg].[Mg].[Mg].[Mg].[Mg]. The second-order valence-corrected chi connectivity index (χ2v) is 0. The van der Waals surface area contributed by atoms with E-state index in [9.17, 15) is 0 Å². The van der Waals surface area contributed by atoms with E-state index < -0.39 is 0 Å². The Morgan fingerprint density at radius 1 is 0.250 bits per heavy atom. The molecule has 8 heavy (non-hydrogen) atoms. The third kappa shape index (κ3) is 38.9. The van der Waals surface area contributed by atoms with Crippen LogP contribution in [0.1, 0.15) is 0 Å². The van der Waals surface area contributed by atoms with E-state index in [0.717, 1.165) is 0 Å². The minimum absolute atomic E-state index is 0. The van der Waals surface area contributed by atoms with E-state index in [2.05, 4.69) is 0 Å². The summed E-state index contributed by atoms with van der Waals surface area (Å²) in [6.07, 6.45) is 0. The first-order valence-corrected chi connectivity index (χ1v) is 0. The number of hydrogen-bond donors (Lipinski definition) is 0. The maximum atomic E-state index is 0. The summed E-state index contributed by atoms with van der Waals surface area (Å²) in [7, 11) is 0. The van der Waals surface area contributed by atoms with Crippen LogP contribution in [0.2, 0.25) is 0 Å². The van der Waals surface area contributed by atoms with E-state index in [1.165, 1.54) is 0 Å². The normalized spacial score (nSPS) is 0. The molecule has 0 N–H and O–H groups in total. The van der Waals surface area contributed by atoms with Crippen LogP contribution in [-0.4, -0.2) is 115 Å². The van der Waals surface area contributed by atoms with Gasteiger partial charge in [0, 0.05) is 198 Å². The van der Waals surface area contributed by atoms with Crippen molar-refractivity contribution in [3.8, 4) is 0 Å². The molecule has 0 aliphatic rings. The van der Waals surface area contributed by atoms with Gasteiger partial charge in [0.2, 0.25) is 0 Å². The van der Waals surface area contributed by atoms with Gasteiger partial charge in [0.15, 0.2) is 0 Å². The molecule has 0 rings (SSSR count). The first-order valence-electron chi connectivity index (χ1n) is 0. The fraction of sp³-hybridized carbons (Fsp3) is 0. The molecule has 0 amide bonds. The van der Waals surface area contributed by atoms with Crippen LogP contribution in [0.25, 0.3) is 0 Å². The zero-order valence-electron chi connectivity index (χ0n) is 5.66. The van der Waals surface area contributed by atoms with E-state index in [4.69, 9.17) is 0 Å². The molecule has 0 fully saturated rings. The monoisotopic (exact) mass is 726 g/mol.